The Hall–Kier alpha value is -1.59. The molecule has 5 heteroatoms. The summed E-state index contributed by atoms with van der Waals surface area (Å²) in [5, 5.41) is 21.1. The zero-order valence-corrected chi connectivity index (χ0v) is 12.1. The molecule has 20 heavy (non-hydrogen) atoms. The largest absolute Gasteiger partial charge is 0.494 e. The summed E-state index contributed by atoms with van der Waals surface area (Å²) in [7, 11) is 0. The van der Waals surface area contributed by atoms with Crippen LogP contribution >= 0.6 is 0 Å². The maximum absolute atomic E-state index is 11.8. The number of aliphatic hydroxyl groups excluding tert-OH is 1. The van der Waals surface area contributed by atoms with Crippen LogP contribution in [0.4, 0.5) is 0 Å². The van der Waals surface area contributed by atoms with Gasteiger partial charge in [-0.25, -0.2) is 0 Å². The third kappa shape index (κ3) is 5.59. The average Bonchev–Trinajstić information content (AvgIpc) is 2.46. The molecule has 1 atom stereocenters. The predicted octanol–water partition coefficient (Wildman–Crippen LogP) is 1.34. The topological polar surface area (TPSA) is 78.8 Å². The van der Waals surface area contributed by atoms with E-state index in [4.69, 9.17) is 9.84 Å². The van der Waals surface area contributed by atoms with Crippen molar-refractivity contribution in [2.75, 3.05) is 19.8 Å². The van der Waals surface area contributed by atoms with E-state index in [2.05, 4.69) is 12.2 Å². The number of hydrogen-bond donors (Lipinski definition) is 3. The summed E-state index contributed by atoms with van der Waals surface area (Å²) in [4.78, 5) is 11.8. The second kappa shape index (κ2) is 7.87. The first kappa shape index (κ1) is 16.5. The molecular formula is C15H23NO4. The standard InChI is InChI=1S/C15H23NO4/c1-3-4-9-20-13-7-5-12(6-8-13)14(18)16-10-15(2,19)11-17/h5-8,17,19H,3-4,9-11H2,1-2H3,(H,16,18). The van der Waals surface area contributed by atoms with Gasteiger partial charge in [0.2, 0.25) is 0 Å². The number of carbonyl (C=O) groups is 1. The van der Waals surface area contributed by atoms with E-state index in [9.17, 15) is 9.90 Å². The molecule has 0 spiro atoms. The minimum Gasteiger partial charge on any atom is -0.494 e. The number of hydrogen-bond acceptors (Lipinski definition) is 4. The van der Waals surface area contributed by atoms with Gasteiger partial charge in [0.05, 0.1) is 13.2 Å². The number of rotatable bonds is 8. The number of nitrogens with one attached hydrogen (secondary N) is 1. The van der Waals surface area contributed by atoms with Crippen molar-refractivity contribution in [3.05, 3.63) is 29.8 Å². The van der Waals surface area contributed by atoms with Crippen LogP contribution in [0.5, 0.6) is 5.75 Å². The molecule has 0 aliphatic heterocycles. The summed E-state index contributed by atoms with van der Waals surface area (Å²) in [5.74, 6) is 0.441. The molecule has 1 amide bonds. The van der Waals surface area contributed by atoms with Crippen LogP contribution in [0, 0.1) is 0 Å². The molecule has 0 aliphatic carbocycles. The number of ether oxygens (including phenoxy) is 1. The number of aliphatic hydroxyl groups is 2. The maximum atomic E-state index is 11.8. The molecule has 112 valence electrons. The van der Waals surface area contributed by atoms with E-state index in [1.165, 1.54) is 6.92 Å². The fraction of sp³-hybridized carbons (Fsp3) is 0.533. The quantitative estimate of drug-likeness (QED) is 0.628. The zero-order chi connectivity index (χ0) is 15.0. The average molecular weight is 281 g/mol. The highest BCUT2D eigenvalue weighted by Crippen LogP contribution is 2.13. The summed E-state index contributed by atoms with van der Waals surface area (Å²) >= 11 is 0. The SMILES string of the molecule is CCCCOc1ccc(C(=O)NCC(C)(O)CO)cc1. The Morgan fingerprint density at radius 2 is 2.00 bits per heavy atom. The van der Waals surface area contributed by atoms with Crippen LogP contribution in [-0.2, 0) is 0 Å². The van der Waals surface area contributed by atoms with E-state index in [-0.39, 0.29) is 12.5 Å². The van der Waals surface area contributed by atoms with Crippen LogP contribution in [0.15, 0.2) is 24.3 Å². The Morgan fingerprint density at radius 1 is 1.35 bits per heavy atom. The highest BCUT2D eigenvalue weighted by molar-refractivity contribution is 5.94. The minimum atomic E-state index is -1.31. The second-order valence-corrected chi connectivity index (χ2v) is 5.06. The first-order valence-corrected chi connectivity index (χ1v) is 6.83. The van der Waals surface area contributed by atoms with Crippen LogP contribution in [0.3, 0.4) is 0 Å². The Bertz CT molecular complexity index is 414. The van der Waals surface area contributed by atoms with Crippen molar-refractivity contribution in [1.82, 2.24) is 5.32 Å². The lowest BCUT2D eigenvalue weighted by molar-refractivity contribution is 0.00320. The smallest absolute Gasteiger partial charge is 0.251 e. The van der Waals surface area contributed by atoms with Gasteiger partial charge < -0.3 is 20.3 Å². The van der Waals surface area contributed by atoms with Gasteiger partial charge in [-0.3, -0.25) is 4.79 Å². The molecule has 0 radical (unpaired) electrons. The summed E-state index contributed by atoms with van der Waals surface area (Å²) in [5.41, 5.74) is -0.819. The molecular weight excluding hydrogens is 258 g/mol. The first-order chi connectivity index (χ1) is 9.48. The van der Waals surface area contributed by atoms with Crippen LogP contribution in [0.1, 0.15) is 37.0 Å². The highest BCUT2D eigenvalue weighted by Gasteiger charge is 2.20. The van der Waals surface area contributed by atoms with Crippen LogP contribution in [0.25, 0.3) is 0 Å². The fourth-order valence-electron chi connectivity index (χ4n) is 1.47. The van der Waals surface area contributed by atoms with Crippen molar-refractivity contribution >= 4 is 5.91 Å². The van der Waals surface area contributed by atoms with Crippen LogP contribution in [0.2, 0.25) is 0 Å². The molecule has 1 aromatic carbocycles. The number of carbonyl (C=O) groups excluding carboxylic acids is 1. The van der Waals surface area contributed by atoms with E-state index in [0.717, 1.165) is 18.6 Å². The number of unbranched alkanes of at least 4 members (excludes halogenated alkanes) is 1. The normalized spacial score (nSPS) is 13.6. The lowest BCUT2D eigenvalue weighted by Gasteiger charge is -2.20. The van der Waals surface area contributed by atoms with Crippen molar-refractivity contribution < 1.29 is 19.7 Å². The van der Waals surface area contributed by atoms with Gasteiger partial charge in [0, 0.05) is 12.1 Å². The molecule has 1 aromatic rings. The second-order valence-electron chi connectivity index (χ2n) is 5.06. The van der Waals surface area contributed by atoms with Gasteiger partial charge in [0.1, 0.15) is 11.4 Å². The molecule has 0 fully saturated rings. The van der Waals surface area contributed by atoms with Gasteiger partial charge >= 0.3 is 0 Å². The molecule has 1 rings (SSSR count). The zero-order valence-electron chi connectivity index (χ0n) is 12.1. The van der Waals surface area contributed by atoms with E-state index in [0.29, 0.717) is 12.2 Å². The van der Waals surface area contributed by atoms with Gasteiger partial charge in [0.15, 0.2) is 0 Å². The number of amides is 1. The van der Waals surface area contributed by atoms with Gasteiger partial charge in [-0.05, 0) is 37.6 Å². The van der Waals surface area contributed by atoms with Crippen molar-refractivity contribution in [2.45, 2.75) is 32.3 Å². The Morgan fingerprint density at radius 3 is 2.55 bits per heavy atom. The first-order valence-electron chi connectivity index (χ1n) is 6.83. The fourth-order valence-corrected chi connectivity index (χ4v) is 1.47. The lowest BCUT2D eigenvalue weighted by atomic mass is 10.1. The summed E-state index contributed by atoms with van der Waals surface area (Å²) in [6.45, 7) is 3.81. The molecule has 0 aliphatic rings. The lowest BCUT2D eigenvalue weighted by Crippen LogP contribution is -2.43. The van der Waals surface area contributed by atoms with E-state index < -0.39 is 12.2 Å². The maximum Gasteiger partial charge on any atom is 0.251 e. The molecule has 3 N–H and O–H groups in total. The van der Waals surface area contributed by atoms with Gasteiger partial charge in [0.25, 0.3) is 5.91 Å². The minimum absolute atomic E-state index is 0.00289. The van der Waals surface area contributed by atoms with Crippen molar-refractivity contribution in [3.63, 3.8) is 0 Å². The van der Waals surface area contributed by atoms with Crippen LogP contribution in [-0.4, -0.2) is 41.5 Å². The van der Waals surface area contributed by atoms with E-state index in [1.54, 1.807) is 24.3 Å². The molecule has 0 bridgehead atoms. The van der Waals surface area contributed by atoms with E-state index >= 15 is 0 Å². The molecule has 0 aromatic heterocycles. The third-order valence-corrected chi connectivity index (χ3v) is 2.85. The molecule has 0 heterocycles. The van der Waals surface area contributed by atoms with Crippen molar-refractivity contribution in [3.8, 4) is 5.75 Å². The highest BCUT2D eigenvalue weighted by atomic mass is 16.5. The van der Waals surface area contributed by atoms with Crippen molar-refractivity contribution in [2.24, 2.45) is 0 Å². The van der Waals surface area contributed by atoms with Crippen LogP contribution < -0.4 is 10.1 Å². The Labute approximate surface area is 119 Å². The molecule has 0 saturated carbocycles. The summed E-state index contributed by atoms with van der Waals surface area (Å²) in [6, 6.07) is 6.83. The van der Waals surface area contributed by atoms with Gasteiger partial charge in [-0.15, -0.1) is 0 Å². The van der Waals surface area contributed by atoms with E-state index in [1.807, 2.05) is 0 Å². The molecule has 0 saturated heterocycles. The molecule has 1 unspecified atom stereocenters. The summed E-state index contributed by atoms with van der Waals surface area (Å²) in [6.07, 6.45) is 2.07. The molecule has 5 nitrogen and oxygen atoms in total. The Kier molecular flexibility index (Phi) is 6.48. The monoisotopic (exact) mass is 281 g/mol. The Balaban J connectivity index is 2.49. The van der Waals surface area contributed by atoms with Gasteiger partial charge in [-0.2, -0.15) is 0 Å². The predicted molar refractivity (Wildman–Crippen MR) is 76.9 cm³/mol. The third-order valence-electron chi connectivity index (χ3n) is 2.85. The van der Waals surface area contributed by atoms with Crippen molar-refractivity contribution in [1.29, 1.82) is 0 Å². The summed E-state index contributed by atoms with van der Waals surface area (Å²) < 4.78 is 5.51. The van der Waals surface area contributed by atoms with Gasteiger partial charge in [-0.1, -0.05) is 13.3 Å². The number of benzene rings is 1.